The van der Waals surface area contributed by atoms with E-state index in [1.165, 1.54) is 21.0 Å². The molecule has 0 aliphatic carbocycles. The predicted octanol–water partition coefficient (Wildman–Crippen LogP) is 1.80. The standard InChI is InChI=1S/C13H14O5/c1-13(2,12(15)16-3)11(14)8-4-5-9-10(6-8)18-7-17-9/h4-6H,7H2,1-3H3. The fourth-order valence-electron chi connectivity index (χ4n) is 1.75. The van der Waals surface area contributed by atoms with Gasteiger partial charge in [0.05, 0.1) is 7.11 Å². The number of esters is 1. The van der Waals surface area contributed by atoms with E-state index in [9.17, 15) is 9.59 Å². The van der Waals surface area contributed by atoms with Crippen molar-refractivity contribution in [1.29, 1.82) is 0 Å². The van der Waals surface area contributed by atoms with Crippen molar-refractivity contribution in [3.05, 3.63) is 23.8 Å². The van der Waals surface area contributed by atoms with Crippen LogP contribution in [-0.2, 0) is 9.53 Å². The molecule has 0 fully saturated rings. The number of ketones is 1. The Hall–Kier alpha value is -2.04. The summed E-state index contributed by atoms with van der Waals surface area (Å²) in [7, 11) is 1.26. The number of carbonyl (C=O) groups is 2. The molecule has 1 heterocycles. The quantitative estimate of drug-likeness (QED) is 0.465. The second kappa shape index (κ2) is 4.33. The van der Waals surface area contributed by atoms with Gasteiger partial charge in [0.2, 0.25) is 6.79 Å². The van der Waals surface area contributed by atoms with Gasteiger partial charge >= 0.3 is 5.97 Å². The highest BCUT2D eigenvalue weighted by atomic mass is 16.7. The Morgan fingerprint density at radius 2 is 1.89 bits per heavy atom. The Balaban J connectivity index is 2.32. The van der Waals surface area contributed by atoms with Gasteiger partial charge in [0.15, 0.2) is 17.3 Å². The third-order valence-corrected chi connectivity index (χ3v) is 2.90. The summed E-state index contributed by atoms with van der Waals surface area (Å²) in [4.78, 5) is 23.9. The van der Waals surface area contributed by atoms with Crippen LogP contribution < -0.4 is 9.47 Å². The van der Waals surface area contributed by atoms with Gasteiger partial charge in [-0.1, -0.05) is 0 Å². The summed E-state index contributed by atoms with van der Waals surface area (Å²) in [6.07, 6.45) is 0. The van der Waals surface area contributed by atoms with Crippen molar-refractivity contribution in [2.24, 2.45) is 5.41 Å². The summed E-state index contributed by atoms with van der Waals surface area (Å²) in [6.45, 7) is 3.21. The predicted molar refractivity (Wildman–Crippen MR) is 62.7 cm³/mol. The van der Waals surface area contributed by atoms with Gasteiger partial charge in [-0.3, -0.25) is 9.59 Å². The van der Waals surface area contributed by atoms with Crippen LogP contribution in [0.2, 0.25) is 0 Å². The van der Waals surface area contributed by atoms with Crippen LogP contribution in [-0.4, -0.2) is 25.7 Å². The molecule has 5 nitrogen and oxygen atoms in total. The maximum absolute atomic E-state index is 12.3. The van der Waals surface area contributed by atoms with Crippen LogP contribution in [0, 0.1) is 5.41 Å². The Labute approximate surface area is 105 Å². The molecule has 0 unspecified atom stereocenters. The van der Waals surface area contributed by atoms with Crippen molar-refractivity contribution in [2.45, 2.75) is 13.8 Å². The number of rotatable bonds is 3. The largest absolute Gasteiger partial charge is 0.468 e. The number of methoxy groups -OCH3 is 1. The number of ether oxygens (including phenoxy) is 3. The molecule has 96 valence electrons. The lowest BCUT2D eigenvalue weighted by molar-refractivity contribution is -0.147. The smallest absolute Gasteiger partial charge is 0.319 e. The van der Waals surface area contributed by atoms with E-state index in [2.05, 4.69) is 4.74 Å². The third-order valence-electron chi connectivity index (χ3n) is 2.90. The normalized spacial score (nSPS) is 13.3. The van der Waals surface area contributed by atoms with E-state index >= 15 is 0 Å². The monoisotopic (exact) mass is 250 g/mol. The van der Waals surface area contributed by atoms with Gasteiger partial charge in [0.1, 0.15) is 5.41 Å². The number of hydrogen-bond donors (Lipinski definition) is 0. The summed E-state index contributed by atoms with van der Waals surface area (Å²) in [5.74, 6) is 0.238. The van der Waals surface area contributed by atoms with Crippen molar-refractivity contribution < 1.29 is 23.8 Å². The topological polar surface area (TPSA) is 61.8 Å². The van der Waals surface area contributed by atoms with Gasteiger partial charge in [-0.05, 0) is 32.0 Å². The molecule has 0 saturated heterocycles. The molecule has 1 aromatic rings. The van der Waals surface area contributed by atoms with Crippen molar-refractivity contribution in [3.8, 4) is 11.5 Å². The van der Waals surface area contributed by atoms with E-state index in [-0.39, 0.29) is 12.6 Å². The number of Topliss-reactive ketones (excluding diaryl/α,β-unsaturated/α-hetero) is 1. The van der Waals surface area contributed by atoms with E-state index in [0.717, 1.165) is 0 Å². The van der Waals surface area contributed by atoms with Crippen molar-refractivity contribution in [1.82, 2.24) is 0 Å². The van der Waals surface area contributed by atoms with Crippen molar-refractivity contribution in [3.63, 3.8) is 0 Å². The number of benzene rings is 1. The van der Waals surface area contributed by atoms with Crippen LogP contribution in [0.1, 0.15) is 24.2 Å². The third kappa shape index (κ3) is 1.92. The van der Waals surface area contributed by atoms with Crippen molar-refractivity contribution in [2.75, 3.05) is 13.9 Å². The lowest BCUT2D eigenvalue weighted by Gasteiger charge is -2.19. The van der Waals surface area contributed by atoms with Gasteiger partial charge in [0.25, 0.3) is 0 Å². The molecule has 0 aromatic heterocycles. The molecule has 0 amide bonds. The highest BCUT2D eigenvalue weighted by Gasteiger charge is 2.38. The number of carbonyl (C=O) groups excluding carboxylic acids is 2. The molecule has 1 aliphatic rings. The molecule has 0 atom stereocenters. The number of fused-ring (bicyclic) bond motifs is 1. The van der Waals surface area contributed by atoms with E-state index in [4.69, 9.17) is 9.47 Å². The second-order valence-corrected chi connectivity index (χ2v) is 4.51. The minimum atomic E-state index is -1.22. The van der Waals surface area contributed by atoms with Gasteiger partial charge in [-0.25, -0.2) is 0 Å². The van der Waals surface area contributed by atoms with E-state index in [0.29, 0.717) is 17.1 Å². The molecule has 18 heavy (non-hydrogen) atoms. The summed E-state index contributed by atoms with van der Waals surface area (Å²) in [6, 6.07) is 4.85. The number of hydrogen-bond acceptors (Lipinski definition) is 5. The fourth-order valence-corrected chi connectivity index (χ4v) is 1.75. The van der Waals surface area contributed by atoms with Gasteiger partial charge in [-0.15, -0.1) is 0 Å². The van der Waals surface area contributed by atoms with Crippen LogP contribution in [0.4, 0.5) is 0 Å². The van der Waals surface area contributed by atoms with E-state index < -0.39 is 11.4 Å². The average Bonchev–Trinajstić information content (AvgIpc) is 2.83. The Morgan fingerprint density at radius 1 is 1.22 bits per heavy atom. The Morgan fingerprint density at radius 3 is 2.56 bits per heavy atom. The zero-order valence-corrected chi connectivity index (χ0v) is 10.5. The summed E-state index contributed by atoms with van der Waals surface area (Å²) < 4.78 is 15.0. The van der Waals surface area contributed by atoms with Crippen LogP contribution in [0.3, 0.4) is 0 Å². The molecule has 0 saturated carbocycles. The molecule has 0 radical (unpaired) electrons. The lowest BCUT2D eigenvalue weighted by Crippen LogP contribution is -2.34. The maximum Gasteiger partial charge on any atom is 0.319 e. The minimum absolute atomic E-state index is 0.146. The SMILES string of the molecule is COC(=O)C(C)(C)C(=O)c1ccc2c(c1)OCO2. The molecule has 0 bridgehead atoms. The van der Waals surface area contributed by atoms with Crippen LogP contribution in [0.5, 0.6) is 11.5 Å². The minimum Gasteiger partial charge on any atom is -0.468 e. The molecule has 1 aromatic carbocycles. The molecular weight excluding hydrogens is 236 g/mol. The zero-order valence-electron chi connectivity index (χ0n) is 10.5. The fraction of sp³-hybridized carbons (Fsp3) is 0.385. The summed E-state index contributed by atoms with van der Waals surface area (Å²) in [5, 5.41) is 0. The average molecular weight is 250 g/mol. The molecule has 0 spiro atoms. The van der Waals surface area contributed by atoms with E-state index in [1.807, 2.05) is 0 Å². The first-order valence-corrected chi connectivity index (χ1v) is 5.49. The van der Waals surface area contributed by atoms with Gasteiger partial charge in [0, 0.05) is 5.56 Å². The highest BCUT2D eigenvalue weighted by Crippen LogP contribution is 2.34. The lowest BCUT2D eigenvalue weighted by atomic mass is 9.84. The molecule has 0 N–H and O–H groups in total. The Kier molecular flexibility index (Phi) is 2.98. The highest BCUT2D eigenvalue weighted by molar-refractivity contribution is 6.12. The zero-order chi connectivity index (χ0) is 13.3. The summed E-state index contributed by atoms with van der Waals surface area (Å²) >= 11 is 0. The van der Waals surface area contributed by atoms with Gasteiger partial charge < -0.3 is 14.2 Å². The van der Waals surface area contributed by atoms with Gasteiger partial charge in [-0.2, -0.15) is 0 Å². The van der Waals surface area contributed by atoms with Crippen LogP contribution >= 0.6 is 0 Å². The van der Waals surface area contributed by atoms with Crippen molar-refractivity contribution >= 4 is 11.8 Å². The molecule has 1 aliphatic heterocycles. The van der Waals surface area contributed by atoms with Crippen LogP contribution in [0.15, 0.2) is 18.2 Å². The molecule has 2 rings (SSSR count). The molecular formula is C13H14O5. The first-order chi connectivity index (χ1) is 8.46. The first-order valence-electron chi connectivity index (χ1n) is 5.49. The molecule has 5 heteroatoms. The maximum atomic E-state index is 12.3. The van der Waals surface area contributed by atoms with E-state index in [1.54, 1.807) is 18.2 Å². The first kappa shape index (κ1) is 12.4. The summed E-state index contributed by atoms with van der Waals surface area (Å²) in [5.41, 5.74) is -0.822. The Bertz CT molecular complexity index is 504. The van der Waals surface area contributed by atoms with Crippen LogP contribution in [0.25, 0.3) is 0 Å². The second-order valence-electron chi connectivity index (χ2n) is 4.51.